The highest BCUT2D eigenvalue weighted by atomic mass is 35.5. The molecule has 170 valence electrons. The van der Waals surface area contributed by atoms with Gasteiger partial charge in [0.1, 0.15) is 16.7 Å². The minimum absolute atomic E-state index is 0.112. The smallest absolute Gasteiger partial charge is 0.245 e. The third kappa shape index (κ3) is 8.14. The molecule has 9 heteroatoms. The van der Waals surface area contributed by atoms with Gasteiger partial charge in [0.25, 0.3) is 0 Å². The van der Waals surface area contributed by atoms with E-state index in [4.69, 9.17) is 21.1 Å². The van der Waals surface area contributed by atoms with E-state index < -0.39 is 22.0 Å². The van der Waals surface area contributed by atoms with Crippen molar-refractivity contribution >= 4 is 27.5 Å². The van der Waals surface area contributed by atoms with Crippen LogP contribution in [0.5, 0.6) is 5.75 Å². The van der Waals surface area contributed by atoms with Crippen molar-refractivity contribution < 1.29 is 22.7 Å². The molecule has 0 aliphatic rings. The number of methoxy groups -OCH3 is 1. The number of benzene rings is 2. The van der Waals surface area contributed by atoms with E-state index in [1.54, 1.807) is 0 Å². The highest BCUT2D eigenvalue weighted by Crippen LogP contribution is 2.27. The summed E-state index contributed by atoms with van der Waals surface area (Å²) < 4.78 is 39.3. The summed E-state index contributed by atoms with van der Waals surface area (Å²) in [6.07, 6.45) is 0.926. The molecule has 0 fully saturated rings. The maximum Gasteiger partial charge on any atom is 0.245 e. The number of ether oxygens (including phenoxy) is 2. The molecule has 31 heavy (non-hydrogen) atoms. The van der Waals surface area contributed by atoms with Crippen LogP contribution >= 0.6 is 11.6 Å². The molecule has 2 aromatic carbocycles. The number of sulfonamides is 1. The number of carbonyl (C=O) groups excluding carboxylic acids is 1. The van der Waals surface area contributed by atoms with Crippen LogP contribution in [0.2, 0.25) is 5.02 Å². The number of carbonyl (C=O) groups is 1. The molecule has 0 aliphatic carbocycles. The molecule has 0 spiro atoms. The normalized spacial score (nSPS) is 12.5. The minimum atomic E-state index is -4.08. The number of amides is 1. The maximum absolute atomic E-state index is 13.1. The van der Waals surface area contributed by atoms with Crippen LogP contribution in [0.3, 0.4) is 0 Å². The molecule has 0 heterocycles. The zero-order valence-corrected chi connectivity index (χ0v) is 19.5. The fourth-order valence-electron chi connectivity index (χ4n) is 2.87. The standard InChI is InChI=1S/C22H29ClN2O5S/c1-16(2)30-13-7-12-24-22(26)19(14-17-8-5-4-6-9-17)25-31(27,28)21-15-18(23)10-11-20(21)29-3/h4-6,8-11,15-16,19,25H,7,12-14H2,1-3H3,(H,24,26). The van der Waals surface area contributed by atoms with Gasteiger partial charge in [0.15, 0.2) is 0 Å². The van der Waals surface area contributed by atoms with Gasteiger partial charge >= 0.3 is 0 Å². The van der Waals surface area contributed by atoms with Crippen LogP contribution in [0, 0.1) is 0 Å². The lowest BCUT2D eigenvalue weighted by Crippen LogP contribution is -2.48. The van der Waals surface area contributed by atoms with E-state index in [2.05, 4.69) is 10.0 Å². The Bertz CT molecular complexity index is 952. The van der Waals surface area contributed by atoms with E-state index >= 15 is 0 Å². The first-order valence-electron chi connectivity index (χ1n) is 10.0. The molecule has 0 bridgehead atoms. The van der Waals surface area contributed by atoms with E-state index in [1.807, 2.05) is 44.2 Å². The molecule has 2 N–H and O–H groups in total. The first-order valence-corrected chi connectivity index (χ1v) is 11.9. The number of hydrogen-bond donors (Lipinski definition) is 2. The molecular weight excluding hydrogens is 440 g/mol. The monoisotopic (exact) mass is 468 g/mol. The van der Waals surface area contributed by atoms with Crippen molar-refractivity contribution in [2.24, 2.45) is 0 Å². The van der Waals surface area contributed by atoms with E-state index in [1.165, 1.54) is 25.3 Å². The molecule has 0 aromatic heterocycles. The maximum atomic E-state index is 13.1. The van der Waals surface area contributed by atoms with Gasteiger partial charge in [-0.25, -0.2) is 8.42 Å². The second-order valence-electron chi connectivity index (χ2n) is 7.22. The van der Waals surface area contributed by atoms with E-state index in [0.717, 1.165) is 5.56 Å². The number of nitrogens with one attached hydrogen (secondary N) is 2. The van der Waals surface area contributed by atoms with Crippen molar-refractivity contribution in [2.75, 3.05) is 20.3 Å². The van der Waals surface area contributed by atoms with Gasteiger partial charge in [0.05, 0.1) is 13.2 Å². The van der Waals surface area contributed by atoms with Crippen molar-refractivity contribution in [2.45, 2.75) is 43.7 Å². The number of hydrogen-bond acceptors (Lipinski definition) is 5. The van der Waals surface area contributed by atoms with Gasteiger partial charge < -0.3 is 14.8 Å². The third-order valence-electron chi connectivity index (χ3n) is 4.38. The Morgan fingerprint density at radius 2 is 1.84 bits per heavy atom. The fraction of sp³-hybridized carbons (Fsp3) is 0.409. The van der Waals surface area contributed by atoms with Gasteiger partial charge in [-0.1, -0.05) is 41.9 Å². The van der Waals surface area contributed by atoms with Gasteiger partial charge in [0.2, 0.25) is 15.9 Å². The average molecular weight is 469 g/mol. The van der Waals surface area contributed by atoms with Crippen molar-refractivity contribution in [3.8, 4) is 5.75 Å². The van der Waals surface area contributed by atoms with Gasteiger partial charge in [-0.05, 0) is 50.5 Å². The Kier molecular flexibility index (Phi) is 9.77. The Morgan fingerprint density at radius 1 is 1.13 bits per heavy atom. The quantitative estimate of drug-likeness (QED) is 0.467. The van der Waals surface area contributed by atoms with Crippen LogP contribution in [0.4, 0.5) is 0 Å². The zero-order chi connectivity index (χ0) is 22.9. The third-order valence-corrected chi connectivity index (χ3v) is 6.11. The van der Waals surface area contributed by atoms with Crippen molar-refractivity contribution in [3.63, 3.8) is 0 Å². The van der Waals surface area contributed by atoms with Gasteiger partial charge in [-0.15, -0.1) is 0 Å². The summed E-state index contributed by atoms with van der Waals surface area (Å²) in [5.41, 5.74) is 0.826. The second kappa shape index (κ2) is 12.0. The van der Waals surface area contributed by atoms with Gasteiger partial charge in [-0.2, -0.15) is 4.72 Å². The van der Waals surface area contributed by atoms with Gasteiger partial charge in [-0.3, -0.25) is 4.79 Å². The van der Waals surface area contributed by atoms with Crippen molar-refractivity contribution in [3.05, 3.63) is 59.1 Å². The summed E-state index contributed by atoms with van der Waals surface area (Å²) in [7, 11) is -2.71. The summed E-state index contributed by atoms with van der Waals surface area (Å²) >= 11 is 5.99. The summed E-state index contributed by atoms with van der Waals surface area (Å²) in [6.45, 7) is 4.76. The summed E-state index contributed by atoms with van der Waals surface area (Å²) in [4.78, 5) is 12.7. The molecule has 1 atom stereocenters. The number of rotatable bonds is 12. The molecule has 0 radical (unpaired) electrons. The Balaban J connectivity index is 2.18. The molecule has 0 aliphatic heterocycles. The summed E-state index contributed by atoms with van der Waals surface area (Å²) in [5, 5.41) is 3.03. The topological polar surface area (TPSA) is 93.7 Å². The average Bonchev–Trinajstić information content (AvgIpc) is 2.73. The first kappa shape index (κ1) is 25.1. The predicted molar refractivity (Wildman–Crippen MR) is 121 cm³/mol. The number of halogens is 1. The fourth-order valence-corrected chi connectivity index (χ4v) is 4.50. The molecule has 2 aromatic rings. The lowest BCUT2D eigenvalue weighted by molar-refractivity contribution is -0.122. The minimum Gasteiger partial charge on any atom is -0.495 e. The van der Waals surface area contributed by atoms with Crippen LogP contribution in [-0.2, 0) is 26.0 Å². The van der Waals surface area contributed by atoms with E-state index in [-0.39, 0.29) is 28.2 Å². The van der Waals surface area contributed by atoms with Crippen LogP contribution in [0.1, 0.15) is 25.8 Å². The Morgan fingerprint density at radius 3 is 2.48 bits per heavy atom. The molecule has 0 saturated heterocycles. The predicted octanol–water partition coefficient (Wildman–Crippen LogP) is 3.17. The Hall–Kier alpha value is -2.13. The summed E-state index contributed by atoms with van der Waals surface area (Å²) in [6, 6.07) is 12.5. The SMILES string of the molecule is COc1ccc(Cl)cc1S(=O)(=O)NC(Cc1ccccc1)C(=O)NCCCOC(C)C. The zero-order valence-electron chi connectivity index (χ0n) is 17.9. The molecule has 0 saturated carbocycles. The van der Waals surface area contributed by atoms with Gasteiger partial charge in [0, 0.05) is 18.2 Å². The van der Waals surface area contributed by atoms with E-state index in [0.29, 0.717) is 19.6 Å². The van der Waals surface area contributed by atoms with E-state index in [9.17, 15) is 13.2 Å². The van der Waals surface area contributed by atoms with Crippen LogP contribution in [-0.4, -0.2) is 46.7 Å². The molecular formula is C22H29ClN2O5S. The largest absolute Gasteiger partial charge is 0.495 e. The molecule has 1 unspecified atom stereocenters. The molecule has 2 rings (SSSR count). The highest BCUT2D eigenvalue weighted by Gasteiger charge is 2.28. The second-order valence-corrected chi connectivity index (χ2v) is 9.34. The van der Waals surface area contributed by atoms with Crippen LogP contribution in [0.15, 0.2) is 53.4 Å². The molecule has 7 nitrogen and oxygen atoms in total. The van der Waals surface area contributed by atoms with Crippen LogP contribution < -0.4 is 14.8 Å². The summed E-state index contributed by atoms with van der Waals surface area (Å²) in [5.74, 6) is -0.278. The Labute approximate surface area is 189 Å². The highest BCUT2D eigenvalue weighted by molar-refractivity contribution is 7.89. The lowest BCUT2D eigenvalue weighted by atomic mass is 10.1. The van der Waals surface area contributed by atoms with Crippen LogP contribution in [0.25, 0.3) is 0 Å². The molecule has 1 amide bonds. The van der Waals surface area contributed by atoms with Crippen molar-refractivity contribution in [1.82, 2.24) is 10.0 Å². The van der Waals surface area contributed by atoms with Crippen molar-refractivity contribution in [1.29, 1.82) is 0 Å². The lowest BCUT2D eigenvalue weighted by Gasteiger charge is -2.20. The first-order chi connectivity index (χ1) is 14.7.